The van der Waals surface area contributed by atoms with E-state index in [9.17, 15) is 14.0 Å². The van der Waals surface area contributed by atoms with Crippen molar-refractivity contribution in [2.45, 2.75) is 6.42 Å². The Kier molecular flexibility index (Phi) is 6.52. The Bertz CT molecular complexity index is 438. The van der Waals surface area contributed by atoms with Gasteiger partial charge in [-0.3, -0.25) is 9.59 Å². The highest BCUT2D eigenvalue weighted by atomic mass is 19.1. The normalized spacial score (nSPS) is 10.0. The van der Waals surface area contributed by atoms with Gasteiger partial charge in [0.05, 0.1) is 6.54 Å². The average Bonchev–Trinajstić information content (AvgIpc) is 2.38. The monoisotopic (exact) mass is 267 g/mol. The van der Waals surface area contributed by atoms with Crippen LogP contribution in [0.25, 0.3) is 0 Å². The Labute approximate surface area is 111 Å². The summed E-state index contributed by atoms with van der Waals surface area (Å²) < 4.78 is 12.9. The van der Waals surface area contributed by atoms with E-state index < -0.39 is 5.82 Å². The van der Waals surface area contributed by atoms with E-state index in [0.717, 1.165) is 0 Å². The number of likely N-dealkylation sites (N-methyl/N-ethyl adjacent to an activating group) is 1. The fourth-order valence-electron chi connectivity index (χ4n) is 1.47. The molecule has 3 N–H and O–H groups in total. The summed E-state index contributed by atoms with van der Waals surface area (Å²) in [5.41, 5.74) is 0.291. The molecule has 1 aromatic carbocycles. The Balaban J connectivity index is 2.19. The number of hydrogen-bond acceptors (Lipinski definition) is 3. The third-order valence-electron chi connectivity index (χ3n) is 2.39. The molecule has 0 aromatic heterocycles. The Morgan fingerprint density at radius 2 is 1.95 bits per heavy atom. The van der Waals surface area contributed by atoms with Gasteiger partial charge in [-0.25, -0.2) is 4.39 Å². The maximum Gasteiger partial charge on any atom is 0.251 e. The second kappa shape index (κ2) is 8.20. The molecule has 0 saturated heterocycles. The quantitative estimate of drug-likeness (QED) is 0.622. The molecule has 0 atom stereocenters. The summed E-state index contributed by atoms with van der Waals surface area (Å²) in [4.78, 5) is 22.7. The lowest BCUT2D eigenvalue weighted by molar-refractivity contribution is -0.120. The number of carbonyl (C=O) groups excluding carboxylic acids is 2. The molecule has 2 amide bonds. The van der Waals surface area contributed by atoms with Gasteiger partial charge in [-0.2, -0.15) is 0 Å². The minimum absolute atomic E-state index is 0.0843. The van der Waals surface area contributed by atoms with E-state index >= 15 is 0 Å². The van der Waals surface area contributed by atoms with Gasteiger partial charge in [0.2, 0.25) is 5.91 Å². The number of halogens is 1. The lowest BCUT2D eigenvalue weighted by Crippen LogP contribution is -2.34. The van der Waals surface area contributed by atoms with Crippen molar-refractivity contribution in [3.8, 4) is 0 Å². The smallest absolute Gasteiger partial charge is 0.251 e. The standard InChI is InChI=1S/C13H18FN3O2/c1-15-9-12(18)16-6-3-7-17-13(19)10-4-2-5-11(14)8-10/h2,4-5,8,15H,3,6-7,9H2,1H3,(H,16,18)(H,17,19). The number of hydrogen-bond donors (Lipinski definition) is 3. The molecule has 1 aromatic rings. The third kappa shape index (κ3) is 5.96. The first-order valence-corrected chi connectivity index (χ1v) is 6.08. The van der Waals surface area contributed by atoms with E-state index in [1.54, 1.807) is 13.1 Å². The number of benzene rings is 1. The second-order valence-corrected chi connectivity index (χ2v) is 4.00. The van der Waals surface area contributed by atoms with E-state index in [1.807, 2.05) is 0 Å². The first-order valence-electron chi connectivity index (χ1n) is 6.08. The molecule has 5 nitrogen and oxygen atoms in total. The molecule has 0 aliphatic heterocycles. The molecule has 0 radical (unpaired) electrons. The first-order chi connectivity index (χ1) is 9.13. The summed E-state index contributed by atoms with van der Waals surface area (Å²) in [6.07, 6.45) is 0.622. The summed E-state index contributed by atoms with van der Waals surface area (Å²) in [5, 5.41) is 8.09. The van der Waals surface area contributed by atoms with Crippen LogP contribution in [0.5, 0.6) is 0 Å². The van der Waals surface area contributed by atoms with Crippen molar-refractivity contribution in [1.82, 2.24) is 16.0 Å². The van der Waals surface area contributed by atoms with Crippen molar-refractivity contribution >= 4 is 11.8 Å². The van der Waals surface area contributed by atoms with Crippen molar-refractivity contribution in [2.75, 3.05) is 26.7 Å². The fourth-order valence-corrected chi connectivity index (χ4v) is 1.47. The Hall–Kier alpha value is -1.95. The van der Waals surface area contributed by atoms with Crippen LogP contribution in [0.15, 0.2) is 24.3 Å². The SMILES string of the molecule is CNCC(=O)NCCCNC(=O)c1cccc(F)c1. The van der Waals surface area contributed by atoms with E-state index in [-0.39, 0.29) is 18.4 Å². The zero-order valence-electron chi connectivity index (χ0n) is 10.8. The van der Waals surface area contributed by atoms with Crippen molar-refractivity contribution in [3.05, 3.63) is 35.6 Å². The van der Waals surface area contributed by atoms with Crippen LogP contribution in [-0.4, -0.2) is 38.5 Å². The van der Waals surface area contributed by atoms with Crippen LogP contribution in [0.3, 0.4) is 0 Å². The van der Waals surface area contributed by atoms with Gasteiger partial charge in [-0.05, 0) is 31.7 Å². The topological polar surface area (TPSA) is 70.2 Å². The van der Waals surface area contributed by atoms with Gasteiger partial charge in [0.25, 0.3) is 5.91 Å². The fraction of sp³-hybridized carbons (Fsp3) is 0.385. The summed E-state index contributed by atoms with van der Waals surface area (Å²) in [6.45, 7) is 1.19. The maximum absolute atomic E-state index is 12.9. The molecule has 19 heavy (non-hydrogen) atoms. The van der Waals surface area contributed by atoms with Crippen LogP contribution in [0.1, 0.15) is 16.8 Å². The lowest BCUT2D eigenvalue weighted by Gasteiger charge is -2.06. The number of carbonyl (C=O) groups is 2. The maximum atomic E-state index is 12.9. The predicted octanol–water partition coefficient (Wildman–Crippen LogP) is 0.281. The molecule has 0 aliphatic rings. The van der Waals surface area contributed by atoms with Crippen LogP contribution in [0.4, 0.5) is 4.39 Å². The zero-order chi connectivity index (χ0) is 14.1. The van der Waals surface area contributed by atoms with Crippen LogP contribution < -0.4 is 16.0 Å². The van der Waals surface area contributed by atoms with Gasteiger partial charge in [0, 0.05) is 18.7 Å². The molecule has 0 aliphatic carbocycles. The summed E-state index contributed by atoms with van der Waals surface area (Å²) in [5.74, 6) is -0.841. The second-order valence-electron chi connectivity index (χ2n) is 4.00. The Morgan fingerprint density at radius 1 is 1.21 bits per heavy atom. The lowest BCUT2D eigenvalue weighted by atomic mass is 10.2. The van der Waals surface area contributed by atoms with Crippen LogP contribution in [0, 0.1) is 5.82 Å². The molecule has 1 rings (SSSR count). The third-order valence-corrected chi connectivity index (χ3v) is 2.39. The number of amides is 2. The predicted molar refractivity (Wildman–Crippen MR) is 70.3 cm³/mol. The van der Waals surface area contributed by atoms with E-state index in [1.165, 1.54) is 18.2 Å². The van der Waals surface area contributed by atoms with Crippen LogP contribution in [-0.2, 0) is 4.79 Å². The van der Waals surface area contributed by atoms with E-state index in [4.69, 9.17) is 0 Å². The van der Waals surface area contributed by atoms with Crippen molar-refractivity contribution < 1.29 is 14.0 Å². The molecule has 0 saturated carbocycles. The summed E-state index contributed by atoms with van der Waals surface area (Å²) >= 11 is 0. The molecule has 0 bridgehead atoms. The molecule has 0 fully saturated rings. The van der Waals surface area contributed by atoms with Crippen molar-refractivity contribution in [2.24, 2.45) is 0 Å². The molecular weight excluding hydrogens is 249 g/mol. The highest BCUT2D eigenvalue weighted by Gasteiger charge is 2.05. The highest BCUT2D eigenvalue weighted by molar-refractivity contribution is 5.94. The molecule has 6 heteroatoms. The summed E-state index contributed by atoms with van der Waals surface area (Å²) in [7, 11) is 1.69. The summed E-state index contributed by atoms with van der Waals surface area (Å²) in [6, 6.07) is 5.51. The van der Waals surface area contributed by atoms with Crippen molar-refractivity contribution in [3.63, 3.8) is 0 Å². The van der Waals surface area contributed by atoms with Gasteiger partial charge in [0.1, 0.15) is 5.82 Å². The molecule has 104 valence electrons. The molecule has 0 spiro atoms. The largest absolute Gasteiger partial charge is 0.355 e. The van der Waals surface area contributed by atoms with Gasteiger partial charge < -0.3 is 16.0 Å². The molecule has 0 unspecified atom stereocenters. The first kappa shape index (κ1) is 15.1. The van der Waals surface area contributed by atoms with E-state index in [2.05, 4.69) is 16.0 Å². The molecule has 0 heterocycles. The van der Waals surface area contributed by atoms with Crippen molar-refractivity contribution in [1.29, 1.82) is 0 Å². The van der Waals surface area contributed by atoms with Crippen LogP contribution in [0.2, 0.25) is 0 Å². The van der Waals surface area contributed by atoms with Gasteiger partial charge in [0.15, 0.2) is 0 Å². The Morgan fingerprint density at radius 3 is 2.63 bits per heavy atom. The number of nitrogens with one attached hydrogen (secondary N) is 3. The number of rotatable bonds is 7. The minimum atomic E-state index is -0.438. The highest BCUT2D eigenvalue weighted by Crippen LogP contribution is 2.02. The molecular formula is C13H18FN3O2. The van der Waals surface area contributed by atoms with Gasteiger partial charge in [-0.15, -0.1) is 0 Å². The van der Waals surface area contributed by atoms with Crippen LogP contribution >= 0.6 is 0 Å². The van der Waals surface area contributed by atoms with Gasteiger partial charge >= 0.3 is 0 Å². The zero-order valence-corrected chi connectivity index (χ0v) is 10.8. The van der Waals surface area contributed by atoms with Gasteiger partial charge in [-0.1, -0.05) is 6.07 Å². The minimum Gasteiger partial charge on any atom is -0.355 e. The van der Waals surface area contributed by atoms with E-state index in [0.29, 0.717) is 25.1 Å². The average molecular weight is 267 g/mol.